The minimum Gasteiger partial charge on any atom is -0.481 e. The SMILES string of the molecule is O=C(O)CCNc1cncc(OC2CCCCC2)n1. The van der Waals surface area contributed by atoms with E-state index in [1.54, 1.807) is 12.4 Å². The van der Waals surface area contributed by atoms with E-state index in [1.807, 2.05) is 0 Å². The first-order valence-electron chi connectivity index (χ1n) is 6.68. The summed E-state index contributed by atoms with van der Waals surface area (Å²) in [7, 11) is 0. The number of carbonyl (C=O) groups is 1. The van der Waals surface area contributed by atoms with Crippen molar-refractivity contribution in [1.29, 1.82) is 0 Å². The van der Waals surface area contributed by atoms with Crippen LogP contribution in [-0.2, 0) is 4.79 Å². The molecule has 0 saturated heterocycles. The highest BCUT2D eigenvalue weighted by molar-refractivity contribution is 5.67. The van der Waals surface area contributed by atoms with Crippen molar-refractivity contribution in [3.63, 3.8) is 0 Å². The first kappa shape index (κ1) is 13.6. The summed E-state index contributed by atoms with van der Waals surface area (Å²) in [4.78, 5) is 18.7. The molecule has 0 radical (unpaired) electrons. The summed E-state index contributed by atoms with van der Waals surface area (Å²) in [6.07, 6.45) is 9.27. The van der Waals surface area contributed by atoms with Crippen LogP contribution in [0.25, 0.3) is 0 Å². The zero-order valence-corrected chi connectivity index (χ0v) is 10.8. The van der Waals surface area contributed by atoms with Gasteiger partial charge in [0.15, 0.2) is 0 Å². The molecule has 6 heteroatoms. The highest BCUT2D eigenvalue weighted by atomic mass is 16.5. The topological polar surface area (TPSA) is 84.3 Å². The molecule has 0 unspecified atom stereocenters. The van der Waals surface area contributed by atoms with Gasteiger partial charge in [0.05, 0.1) is 18.8 Å². The van der Waals surface area contributed by atoms with Crippen LogP contribution in [0.2, 0.25) is 0 Å². The fraction of sp³-hybridized carbons (Fsp3) is 0.615. The summed E-state index contributed by atoms with van der Waals surface area (Å²) >= 11 is 0. The lowest BCUT2D eigenvalue weighted by molar-refractivity contribution is -0.136. The molecule has 1 aliphatic rings. The number of rotatable bonds is 6. The normalized spacial score (nSPS) is 16.0. The van der Waals surface area contributed by atoms with Crippen LogP contribution in [-0.4, -0.2) is 33.7 Å². The number of carboxylic acid groups (broad SMARTS) is 1. The van der Waals surface area contributed by atoms with E-state index in [0.29, 0.717) is 18.2 Å². The van der Waals surface area contributed by atoms with E-state index in [2.05, 4.69) is 15.3 Å². The van der Waals surface area contributed by atoms with E-state index >= 15 is 0 Å². The Morgan fingerprint density at radius 3 is 2.89 bits per heavy atom. The summed E-state index contributed by atoms with van der Waals surface area (Å²) in [6.45, 7) is 0.330. The van der Waals surface area contributed by atoms with Gasteiger partial charge in [0.1, 0.15) is 11.9 Å². The molecule has 0 bridgehead atoms. The van der Waals surface area contributed by atoms with Crippen molar-refractivity contribution < 1.29 is 14.6 Å². The Bertz CT molecular complexity index is 419. The number of aliphatic carboxylic acids is 1. The number of ether oxygens (including phenoxy) is 1. The Balaban J connectivity index is 1.85. The summed E-state index contributed by atoms with van der Waals surface area (Å²) in [6, 6.07) is 0. The zero-order valence-electron chi connectivity index (χ0n) is 10.8. The molecule has 2 N–H and O–H groups in total. The lowest BCUT2D eigenvalue weighted by Crippen LogP contribution is -2.20. The second-order valence-electron chi connectivity index (χ2n) is 4.69. The van der Waals surface area contributed by atoms with E-state index in [0.717, 1.165) is 12.8 Å². The van der Waals surface area contributed by atoms with Crippen LogP contribution in [0.1, 0.15) is 38.5 Å². The summed E-state index contributed by atoms with van der Waals surface area (Å²) in [5, 5.41) is 11.5. The van der Waals surface area contributed by atoms with E-state index in [1.165, 1.54) is 19.3 Å². The first-order valence-corrected chi connectivity index (χ1v) is 6.68. The van der Waals surface area contributed by atoms with Crippen LogP contribution < -0.4 is 10.1 Å². The largest absolute Gasteiger partial charge is 0.481 e. The number of hydrogen-bond acceptors (Lipinski definition) is 5. The molecule has 0 atom stereocenters. The number of carboxylic acids is 1. The highest BCUT2D eigenvalue weighted by Crippen LogP contribution is 2.22. The Hall–Kier alpha value is -1.85. The predicted octanol–water partition coefficient (Wildman–Crippen LogP) is 2.07. The quantitative estimate of drug-likeness (QED) is 0.819. The van der Waals surface area contributed by atoms with Crippen molar-refractivity contribution in [2.45, 2.75) is 44.6 Å². The van der Waals surface area contributed by atoms with Crippen LogP contribution in [0.3, 0.4) is 0 Å². The number of hydrogen-bond donors (Lipinski definition) is 2. The second-order valence-corrected chi connectivity index (χ2v) is 4.69. The average molecular weight is 265 g/mol. The van der Waals surface area contributed by atoms with Gasteiger partial charge in [-0.2, -0.15) is 4.98 Å². The smallest absolute Gasteiger partial charge is 0.305 e. The van der Waals surface area contributed by atoms with Crippen LogP contribution >= 0.6 is 0 Å². The maximum atomic E-state index is 10.4. The van der Waals surface area contributed by atoms with E-state index in [4.69, 9.17) is 9.84 Å². The molecule has 6 nitrogen and oxygen atoms in total. The highest BCUT2D eigenvalue weighted by Gasteiger charge is 2.15. The number of anilines is 1. The van der Waals surface area contributed by atoms with Crippen LogP contribution in [0.5, 0.6) is 5.88 Å². The molecule has 2 rings (SSSR count). The van der Waals surface area contributed by atoms with Crippen LogP contribution in [0, 0.1) is 0 Å². The van der Waals surface area contributed by atoms with E-state index in [-0.39, 0.29) is 12.5 Å². The Kier molecular flexibility index (Phi) is 4.94. The fourth-order valence-corrected chi connectivity index (χ4v) is 2.14. The molecule has 0 aromatic carbocycles. The standard InChI is InChI=1S/C13H19N3O3/c17-13(18)6-7-15-11-8-14-9-12(16-11)19-10-4-2-1-3-5-10/h8-10H,1-7H2,(H,15,16)(H,17,18). The molecule has 1 aromatic rings. The van der Waals surface area contributed by atoms with Crippen molar-refractivity contribution >= 4 is 11.8 Å². The van der Waals surface area contributed by atoms with Gasteiger partial charge in [0.2, 0.25) is 5.88 Å². The first-order chi connectivity index (χ1) is 9.24. The third kappa shape index (κ3) is 4.73. The molecule has 1 saturated carbocycles. The van der Waals surface area contributed by atoms with Crippen LogP contribution in [0.15, 0.2) is 12.4 Å². The lowest BCUT2D eigenvalue weighted by Gasteiger charge is -2.22. The molecule has 104 valence electrons. The van der Waals surface area contributed by atoms with Gasteiger partial charge in [-0.15, -0.1) is 0 Å². The molecule has 1 fully saturated rings. The van der Waals surface area contributed by atoms with Gasteiger partial charge in [-0.25, -0.2) is 0 Å². The minimum absolute atomic E-state index is 0.0510. The monoisotopic (exact) mass is 265 g/mol. The van der Waals surface area contributed by atoms with Gasteiger partial charge in [-0.3, -0.25) is 9.78 Å². The zero-order chi connectivity index (χ0) is 13.5. The second kappa shape index (κ2) is 6.92. The third-order valence-corrected chi connectivity index (χ3v) is 3.10. The predicted molar refractivity (Wildman–Crippen MR) is 70.3 cm³/mol. The van der Waals surface area contributed by atoms with Gasteiger partial charge in [-0.05, 0) is 25.7 Å². The van der Waals surface area contributed by atoms with Gasteiger partial charge in [0.25, 0.3) is 0 Å². The summed E-state index contributed by atoms with van der Waals surface area (Å²) in [5.41, 5.74) is 0. The maximum Gasteiger partial charge on any atom is 0.305 e. The van der Waals surface area contributed by atoms with Crippen molar-refractivity contribution in [1.82, 2.24) is 9.97 Å². The van der Waals surface area contributed by atoms with Gasteiger partial charge >= 0.3 is 5.97 Å². The number of nitrogens with one attached hydrogen (secondary N) is 1. The van der Waals surface area contributed by atoms with E-state index < -0.39 is 5.97 Å². The number of nitrogens with zero attached hydrogens (tertiary/aromatic N) is 2. The fourth-order valence-electron chi connectivity index (χ4n) is 2.14. The average Bonchev–Trinajstić information content (AvgIpc) is 2.40. The van der Waals surface area contributed by atoms with Crippen molar-refractivity contribution in [3.05, 3.63) is 12.4 Å². The van der Waals surface area contributed by atoms with E-state index in [9.17, 15) is 4.79 Å². The van der Waals surface area contributed by atoms with Crippen molar-refractivity contribution in [2.24, 2.45) is 0 Å². The molecule has 0 amide bonds. The van der Waals surface area contributed by atoms with Gasteiger partial charge < -0.3 is 15.2 Å². The van der Waals surface area contributed by atoms with Crippen LogP contribution in [0.4, 0.5) is 5.82 Å². The molecule has 0 aliphatic heterocycles. The minimum atomic E-state index is -0.838. The Morgan fingerprint density at radius 1 is 1.37 bits per heavy atom. The van der Waals surface area contributed by atoms with Gasteiger partial charge in [0, 0.05) is 6.54 Å². The molecule has 1 aliphatic carbocycles. The molecule has 1 aromatic heterocycles. The molecular formula is C13H19N3O3. The third-order valence-electron chi connectivity index (χ3n) is 3.10. The number of aromatic nitrogens is 2. The maximum absolute atomic E-state index is 10.4. The summed E-state index contributed by atoms with van der Waals surface area (Å²) in [5.74, 6) is 0.219. The summed E-state index contributed by atoms with van der Waals surface area (Å²) < 4.78 is 5.79. The Morgan fingerprint density at radius 2 is 2.16 bits per heavy atom. The van der Waals surface area contributed by atoms with Crippen molar-refractivity contribution in [2.75, 3.05) is 11.9 Å². The molecular weight excluding hydrogens is 246 g/mol. The van der Waals surface area contributed by atoms with Gasteiger partial charge in [-0.1, -0.05) is 6.42 Å². The molecule has 1 heterocycles. The van der Waals surface area contributed by atoms with Crippen molar-refractivity contribution in [3.8, 4) is 5.88 Å². The Labute approximate surface area is 112 Å². The molecule has 19 heavy (non-hydrogen) atoms. The lowest BCUT2D eigenvalue weighted by atomic mass is 9.98. The molecule has 0 spiro atoms.